The molecule has 0 radical (unpaired) electrons. The lowest BCUT2D eigenvalue weighted by molar-refractivity contribution is 0.242. The van der Waals surface area contributed by atoms with E-state index in [1.54, 1.807) is 12.1 Å². The van der Waals surface area contributed by atoms with Crippen LogP contribution in [0.25, 0.3) is 0 Å². The number of hydrogen-bond donors (Lipinski definition) is 2. The zero-order chi connectivity index (χ0) is 13.8. The van der Waals surface area contributed by atoms with Gasteiger partial charge in [0.2, 0.25) is 5.89 Å². The molecule has 0 bridgehead atoms. The molecule has 0 aliphatic carbocycles. The summed E-state index contributed by atoms with van der Waals surface area (Å²) >= 11 is 0. The standard InChI is InChI=1S/C13H18N4O2.ClH/c1-9(10-4-3-5-11(18)6-10)17(2)8-12-15-13(7-14)19-16-12;/h3-6,9,18H,7-8,14H2,1-2H3;1H. The molecule has 1 aromatic heterocycles. The summed E-state index contributed by atoms with van der Waals surface area (Å²) in [6.07, 6.45) is 0. The molecule has 1 heterocycles. The van der Waals surface area contributed by atoms with Gasteiger partial charge in [-0.25, -0.2) is 0 Å². The van der Waals surface area contributed by atoms with Crippen LogP contribution in [0, 0.1) is 0 Å². The molecule has 0 aliphatic rings. The minimum atomic E-state index is 0. The normalized spacial score (nSPS) is 12.2. The van der Waals surface area contributed by atoms with Gasteiger partial charge in [-0.3, -0.25) is 4.90 Å². The van der Waals surface area contributed by atoms with Crippen LogP contribution in [-0.2, 0) is 13.1 Å². The number of nitrogens with zero attached hydrogens (tertiary/aromatic N) is 3. The topological polar surface area (TPSA) is 88.4 Å². The van der Waals surface area contributed by atoms with Crippen molar-refractivity contribution in [1.82, 2.24) is 15.0 Å². The lowest BCUT2D eigenvalue weighted by Gasteiger charge is -2.23. The molecule has 0 aliphatic heterocycles. The third kappa shape index (κ3) is 3.93. The second kappa shape index (κ2) is 7.23. The van der Waals surface area contributed by atoms with Gasteiger partial charge in [0.15, 0.2) is 5.82 Å². The predicted molar refractivity (Wildman–Crippen MR) is 77.4 cm³/mol. The predicted octanol–water partition coefficient (Wildman–Crippen LogP) is 1.85. The molecule has 20 heavy (non-hydrogen) atoms. The Hall–Kier alpha value is -1.63. The van der Waals surface area contributed by atoms with Gasteiger partial charge < -0.3 is 15.4 Å². The minimum absolute atomic E-state index is 0. The maximum atomic E-state index is 9.50. The van der Waals surface area contributed by atoms with Gasteiger partial charge in [-0.15, -0.1) is 12.4 Å². The van der Waals surface area contributed by atoms with Crippen molar-refractivity contribution in [2.75, 3.05) is 7.05 Å². The van der Waals surface area contributed by atoms with Crippen molar-refractivity contribution in [2.45, 2.75) is 26.1 Å². The molecular weight excluding hydrogens is 280 g/mol. The summed E-state index contributed by atoms with van der Waals surface area (Å²) in [5.41, 5.74) is 6.46. The summed E-state index contributed by atoms with van der Waals surface area (Å²) in [6.45, 7) is 2.86. The second-order valence-corrected chi connectivity index (χ2v) is 4.49. The van der Waals surface area contributed by atoms with Crippen LogP contribution < -0.4 is 5.73 Å². The van der Waals surface area contributed by atoms with Gasteiger partial charge in [0.05, 0.1) is 13.1 Å². The van der Waals surface area contributed by atoms with Gasteiger partial charge in [0.1, 0.15) is 5.75 Å². The second-order valence-electron chi connectivity index (χ2n) is 4.49. The number of halogens is 1. The number of phenolic OH excluding ortho intramolecular Hbond substituents is 1. The number of nitrogens with two attached hydrogens (primary N) is 1. The molecule has 110 valence electrons. The van der Waals surface area contributed by atoms with E-state index in [1.807, 2.05) is 19.2 Å². The SMILES string of the molecule is CC(c1cccc(O)c1)N(C)Cc1noc(CN)n1.Cl. The smallest absolute Gasteiger partial charge is 0.240 e. The molecule has 1 unspecified atom stereocenters. The highest BCUT2D eigenvalue weighted by Crippen LogP contribution is 2.23. The maximum Gasteiger partial charge on any atom is 0.240 e. The lowest BCUT2D eigenvalue weighted by atomic mass is 10.1. The highest BCUT2D eigenvalue weighted by molar-refractivity contribution is 5.85. The first kappa shape index (κ1) is 16.4. The van der Waals surface area contributed by atoms with Crippen LogP contribution in [-0.4, -0.2) is 27.2 Å². The van der Waals surface area contributed by atoms with Gasteiger partial charge >= 0.3 is 0 Å². The van der Waals surface area contributed by atoms with E-state index in [-0.39, 0.29) is 30.7 Å². The third-order valence-electron chi connectivity index (χ3n) is 3.09. The van der Waals surface area contributed by atoms with Crippen LogP contribution >= 0.6 is 12.4 Å². The minimum Gasteiger partial charge on any atom is -0.508 e. The van der Waals surface area contributed by atoms with Crippen molar-refractivity contribution in [2.24, 2.45) is 5.73 Å². The Bertz CT molecular complexity index is 547. The molecule has 0 saturated heterocycles. The van der Waals surface area contributed by atoms with E-state index in [2.05, 4.69) is 22.0 Å². The fourth-order valence-electron chi connectivity index (χ4n) is 1.84. The first-order valence-electron chi connectivity index (χ1n) is 6.11. The van der Waals surface area contributed by atoms with E-state index in [0.717, 1.165) is 5.56 Å². The molecule has 0 saturated carbocycles. The fraction of sp³-hybridized carbons (Fsp3) is 0.385. The van der Waals surface area contributed by atoms with Gasteiger partial charge in [-0.1, -0.05) is 17.3 Å². The zero-order valence-electron chi connectivity index (χ0n) is 11.5. The number of aromatic nitrogens is 2. The van der Waals surface area contributed by atoms with Gasteiger partial charge in [-0.2, -0.15) is 4.98 Å². The quantitative estimate of drug-likeness (QED) is 0.876. The molecule has 2 rings (SSSR count). The van der Waals surface area contributed by atoms with Crippen LogP contribution in [0.3, 0.4) is 0 Å². The van der Waals surface area contributed by atoms with E-state index in [9.17, 15) is 5.11 Å². The number of benzene rings is 1. The number of rotatable bonds is 5. The largest absolute Gasteiger partial charge is 0.508 e. The van der Waals surface area contributed by atoms with Gasteiger partial charge in [0.25, 0.3) is 0 Å². The Labute approximate surface area is 124 Å². The van der Waals surface area contributed by atoms with E-state index in [0.29, 0.717) is 18.3 Å². The Morgan fingerprint density at radius 3 is 2.80 bits per heavy atom. The summed E-state index contributed by atoms with van der Waals surface area (Å²) in [4.78, 5) is 6.24. The van der Waals surface area contributed by atoms with E-state index < -0.39 is 0 Å². The lowest BCUT2D eigenvalue weighted by Crippen LogP contribution is -2.22. The van der Waals surface area contributed by atoms with Crippen LogP contribution in [0.5, 0.6) is 5.75 Å². The summed E-state index contributed by atoms with van der Waals surface area (Å²) in [5.74, 6) is 1.31. The number of hydrogen-bond acceptors (Lipinski definition) is 6. The zero-order valence-corrected chi connectivity index (χ0v) is 12.3. The fourth-order valence-corrected chi connectivity index (χ4v) is 1.84. The van der Waals surface area contributed by atoms with Gasteiger partial charge in [-0.05, 0) is 31.7 Å². The number of phenols is 1. The molecule has 7 heteroatoms. The van der Waals surface area contributed by atoms with Crippen molar-refractivity contribution in [1.29, 1.82) is 0 Å². The Balaban J connectivity index is 0.00000200. The van der Waals surface area contributed by atoms with Crippen molar-refractivity contribution in [3.05, 3.63) is 41.5 Å². The molecular formula is C13H19ClN4O2. The first-order valence-corrected chi connectivity index (χ1v) is 6.11. The molecule has 1 aromatic carbocycles. The van der Waals surface area contributed by atoms with Crippen LogP contribution in [0.2, 0.25) is 0 Å². The van der Waals surface area contributed by atoms with Crippen LogP contribution in [0.1, 0.15) is 30.2 Å². The summed E-state index contributed by atoms with van der Waals surface area (Å²) in [7, 11) is 1.97. The molecule has 2 aromatic rings. The Morgan fingerprint density at radius 2 is 2.20 bits per heavy atom. The highest BCUT2D eigenvalue weighted by atomic mass is 35.5. The molecule has 3 N–H and O–H groups in total. The van der Waals surface area contributed by atoms with Crippen molar-refractivity contribution < 1.29 is 9.63 Å². The Morgan fingerprint density at radius 1 is 1.45 bits per heavy atom. The van der Waals surface area contributed by atoms with Crippen molar-refractivity contribution in [3.63, 3.8) is 0 Å². The van der Waals surface area contributed by atoms with E-state index >= 15 is 0 Å². The van der Waals surface area contributed by atoms with Crippen molar-refractivity contribution >= 4 is 12.4 Å². The average Bonchev–Trinajstić information content (AvgIpc) is 2.85. The third-order valence-corrected chi connectivity index (χ3v) is 3.09. The van der Waals surface area contributed by atoms with Gasteiger partial charge in [0, 0.05) is 6.04 Å². The van der Waals surface area contributed by atoms with Crippen LogP contribution in [0.15, 0.2) is 28.8 Å². The first-order chi connectivity index (χ1) is 9.10. The average molecular weight is 299 g/mol. The monoisotopic (exact) mass is 298 g/mol. The highest BCUT2D eigenvalue weighted by Gasteiger charge is 2.15. The summed E-state index contributed by atoms with van der Waals surface area (Å²) < 4.78 is 4.97. The number of aromatic hydroxyl groups is 1. The summed E-state index contributed by atoms with van der Waals surface area (Å²) in [5, 5.41) is 13.4. The summed E-state index contributed by atoms with van der Waals surface area (Å²) in [6, 6.07) is 7.34. The molecule has 6 nitrogen and oxygen atoms in total. The van der Waals surface area contributed by atoms with E-state index in [1.165, 1.54) is 0 Å². The van der Waals surface area contributed by atoms with Crippen LogP contribution in [0.4, 0.5) is 0 Å². The van der Waals surface area contributed by atoms with Crippen molar-refractivity contribution in [3.8, 4) is 5.75 Å². The molecule has 1 atom stereocenters. The molecule has 0 spiro atoms. The molecule has 0 fully saturated rings. The van der Waals surface area contributed by atoms with E-state index in [4.69, 9.17) is 10.3 Å². The molecule has 0 amide bonds. The maximum absolute atomic E-state index is 9.50. The Kier molecular flexibility index (Phi) is 5.94.